The van der Waals surface area contributed by atoms with Crippen molar-refractivity contribution in [1.82, 2.24) is 20.1 Å². The first-order chi connectivity index (χ1) is 12.2. The number of ketones is 1. The number of carbonyl (C=O) groups is 1. The quantitative estimate of drug-likeness (QED) is 0.659. The highest BCUT2D eigenvalue weighted by molar-refractivity contribution is 5.94. The number of rotatable bonds is 4. The molecule has 0 unspecified atom stereocenters. The summed E-state index contributed by atoms with van der Waals surface area (Å²) in [5.41, 5.74) is 2.33. The molecule has 2 heterocycles. The van der Waals surface area contributed by atoms with E-state index in [0.717, 1.165) is 5.56 Å². The first-order valence-electron chi connectivity index (χ1n) is 7.57. The highest BCUT2D eigenvalue weighted by Crippen LogP contribution is 2.29. The average molecular weight is 362 g/mol. The van der Waals surface area contributed by atoms with Gasteiger partial charge in [0, 0.05) is 18.2 Å². The van der Waals surface area contributed by atoms with Gasteiger partial charge in [0.25, 0.3) is 0 Å². The molecule has 0 bridgehead atoms. The van der Waals surface area contributed by atoms with E-state index in [4.69, 9.17) is 0 Å². The molecule has 1 aromatic carbocycles. The minimum atomic E-state index is -4.67. The van der Waals surface area contributed by atoms with Crippen LogP contribution in [0.25, 0.3) is 11.4 Å². The maximum Gasteiger partial charge on any atom is 0.471 e. The van der Waals surface area contributed by atoms with Gasteiger partial charge in [-0.2, -0.15) is 18.2 Å². The molecule has 0 spiro atoms. The van der Waals surface area contributed by atoms with Gasteiger partial charge in [-0.1, -0.05) is 29.4 Å². The van der Waals surface area contributed by atoms with Gasteiger partial charge in [0.15, 0.2) is 5.78 Å². The van der Waals surface area contributed by atoms with E-state index in [1.165, 1.54) is 13.1 Å². The van der Waals surface area contributed by atoms with Crippen LogP contribution >= 0.6 is 0 Å². The number of aryl methyl sites for hydroxylation is 1. The second-order valence-corrected chi connectivity index (χ2v) is 5.64. The van der Waals surface area contributed by atoms with E-state index >= 15 is 0 Å². The Morgan fingerprint density at radius 1 is 1.15 bits per heavy atom. The van der Waals surface area contributed by atoms with Crippen molar-refractivity contribution in [3.05, 3.63) is 59.0 Å². The Morgan fingerprint density at radius 2 is 1.85 bits per heavy atom. The molecule has 6 nitrogen and oxygen atoms in total. The highest BCUT2D eigenvalue weighted by atomic mass is 19.4. The van der Waals surface area contributed by atoms with Gasteiger partial charge in [-0.05, 0) is 19.4 Å². The molecule has 0 radical (unpaired) electrons. The summed E-state index contributed by atoms with van der Waals surface area (Å²) in [6.07, 6.45) is -2.77. The van der Waals surface area contributed by atoms with Crippen molar-refractivity contribution >= 4 is 5.78 Å². The fraction of sp³-hybridized carbons (Fsp3) is 0.235. The lowest BCUT2D eigenvalue weighted by molar-refractivity contribution is -0.159. The zero-order chi connectivity index (χ0) is 18.9. The fourth-order valence-corrected chi connectivity index (χ4v) is 2.36. The summed E-state index contributed by atoms with van der Waals surface area (Å²) in [6, 6.07) is 6.63. The van der Waals surface area contributed by atoms with Gasteiger partial charge in [0.1, 0.15) is 5.82 Å². The van der Waals surface area contributed by atoms with Crippen LogP contribution in [0.2, 0.25) is 0 Å². The van der Waals surface area contributed by atoms with E-state index in [0.29, 0.717) is 29.1 Å². The lowest BCUT2D eigenvalue weighted by Gasteiger charge is -2.05. The van der Waals surface area contributed by atoms with Crippen LogP contribution in [0.15, 0.2) is 35.0 Å². The van der Waals surface area contributed by atoms with E-state index in [2.05, 4.69) is 24.6 Å². The summed E-state index contributed by atoms with van der Waals surface area (Å²) in [5, 5.41) is 3.34. The first-order valence-corrected chi connectivity index (χ1v) is 7.57. The Kier molecular flexibility index (Phi) is 4.54. The van der Waals surface area contributed by atoms with Crippen LogP contribution in [0.5, 0.6) is 0 Å². The molecule has 0 aliphatic carbocycles. The molecule has 9 heteroatoms. The molecular formula is C17H13F3N4O2. The summed E-state index contributed by atoms with van der Waals surface area (Å²) >= 11 is 0. The SMILES string of the molecule is CC(=O)c1cnc(Cc2ccc(-c3noc(C(F)(F)F)n3)cc2)nc1C. The number of nitrogens with zero attached hydrogens (tertiary/aromatic N) is 4. The molecule has 0 atom stereocenters. The van der Waals surface area contributed by atoms with Crippen molar-refractivity contribution < 1.29 is 22.5 Å². The summed E-state index contributed by atoms with van der Waals surface area (Å²) in [4.78, 5) is 23.2. The van der Waals surface area contributed by atoms with E-state index in [9.17, 15) is 18.0 Å². The molecule has 0 saturated carbocycles. The van der Waals surface area contributed by atoms with Crippen LogP contribution in [0.4, 0.5) is 13.2 Å². The molecule has 134 valence electrons. The summed E-state index contributed by atoms with van der Waals surface area (Å²) in [6.45, 7) is 3.19. The van der Waals surface area contributed by atoms with Gasteiger partial charge in [-0.3, -0.25) is 4.79 Å². The van der Waals surface area contributed by atoms with Crippen molar-refractivity contribution in [2.45, 2.75) is 26.4 Å². The van der Waals surface area contributed by atoms with Gasteiger partial charge >= 0.3 is 12.1 Å². The summed E-state index contributed by atoms with van der Waals surface area (Å²) in [7, 11) is 0. The topological polar surface area (TPSA) is 81.8 Å². The standard InChI is InChI=1S/C17H13F3N4O2/c1-9-13(10(2)25)8-21-14(22-9)7-11-3-5-12(6-4-11)15-23-16(26-24-15)17(18,19)20/h3-6,8H,7H2,1-2H3. The third kappa shape index (κ3) is 3.76. The summed E-state index contributed by atoms with van der Waals surface area (Å²) in [5.74, 6) is -1.08. The number of benzene rings is 1. The molecule has 0 fully saturated rings. The number of carbonyl (C=O) groups excluding carboxylic acids is 1. The van der Waals surface area contributed by atoms with E-state index in [-0.39, 0.29) is 11.6 Å². The Bertz CT molecular complexity index is 949. The summed E-state index contributed by atoms with van der Waals surface area (Å²) < 4.78 is 41.7. The largest absolute Gasteiger partial charge is 0.471 e. The number of halogens is 3. The second-order valence-electron chi connectivity index (χ2n) is 5.64. The minimum Gasteiger partial charge on any atom is -0.329 e. The van der Waals surface area contributed by atoms with Crippen LogP contribution < -0.4 is 0 Å². The second kappa shape index (κ2) is 6.66. The predicted octanol–water partition coefficient (Wildman–Crippen LogP) is 3.65. The molecule has 3 aromatic rings. The molecule has 26 heavy (non-hydrogen) atoms. The average Bonchev–Trinajstić information content (AvgIpc) is 3.05. The molecule has 0 aliphatic rings. The van der Waals surface area contributed by atoms with Crippen molar-refractivity contribution in [3.63, 3.8) is 0 Å². The normalized spacial score (nSPS) is 11.6. The van der Waals surface area contributed by atoms with Gasteiger partial charge in [0.05, 0.1) is 11.3 Å². The molecule has 2 aromatic heterocycles. The molecule has 3 rings (SSSR count). The predicted molar refractivity (Wildman–Crippen MR) is 84.3 cm³/mol. The van der Waals surface area contributed by atoms with Crippen LogP contribution in [-0.4, -0.2) is 25.9 Å². The van der Waals surface area contributed by atoms with Crippen LogP contribution in [0.1, 0.15) is 40.3 Å². The van der Waals surface area contributed by atoms with Crippen molar-refractivity contribution in [1.29, 1.82) is 0 Å². The molecular weight excluding hydrogens is 349 g/mol. The first kappa shape index (κ1) is 17.7. The maximum absolute atomic E-state index is 12.5. The third-order valence-electron chi connectivity index (χ3n) is 3.65. The highest BCUT2D eigenvalue weighted by Gasteiger charge is 2.38. The Labute approximate surface area is 146 Å². The van der Waals surface area contributed by atoms with Gasteiger partial charge < -0.3 is 4.52 Å². The molecule has 0 saturated heterocycles. The van der Waals surface area contributed by atoms with Crippen LogP contribution in [-0.2, 0) is 12.6 Å². The fourth-order valence-electron chi connectivity index (χ4n) is 2.36. The molecule has 0 N–H and O–H groups in total. The number of aromatic nitrogens is 4. The monoisotopic (exact) mass is 362 g/mol. The van der Waals surface area contributed by atoms with Gasteiger partial charge in [-0.25, -0.2) is 9.97 Å². The number of hydrogen-bond donors (Lipinski definition) is 0. The van der Waals surface area contributed by atoms with Crippen molar-refractivity contribution in [2.24, 2.45) is 0 Å². The smallest absolute Gasteiger partial charge is 0.329 e. The van der Waals surface area contributed by atoms with E-state index in [1.54, 1.807) is 31.2 Å². The lowest BCUT2D eigenvalue weighted by atomic mass is 10.1. The van der Waals surface area contributed by atoms with Gasteiger partial charge in [0.2, 0.25) is 5.82 Å². The molecule has 0 amide bonds. The Hall–Kier alpha value is -3.10. The Morgan fingerprint density at radius 3 is 2.38 bits per heavy atom. The minimum absolute atomic E-state index is 0.100. The van der Waals surface area contributed by atoms with E-state index in [1.807, 2.05) is 0 Å². The lowest BCUT2D eigenvalue weighted by Crippen LogP contribution is -2.05. The van der Waals surface area contributed by atoms with Crippen molar-refractivity contribution in [2.75, 3.05) is 0 Å². The van der Waals surface area contributed by atoms with Gasteiger partial charge in [-0.15, -0.1) is 0 Å². The van der Waals surface area contributed by atoms with E-state index < -0.39 is 12.1 Å². The Balaban J connectivity index is 1.77. The van der Waals surface area contributed by atoms with Crippen LogP contribution in [0.3, 0.4) is 0 Å². The van der Waals surface area contributed by atoms with Crippen molar-refractivity contribution in [3.8, 4) is 11.4 Å². The zero-order valence-electron chi connectivity index (χ0n) is 13.8. The maximum atomic E-state index is 12.5. The van der Waals surface area contributed by atoms with Crippen LogP contribution in [0, 0.1) is 6.92 Å². The number of alkyl halides is 3. The number of Topliss-reactive ketones (excluding diaryl/α,β-unsaturated/α-hetero) is 1. The third-order valence-corrected chi connectivity index (χ3v) is 3.65. The molecule has 0 aliphatic heterocycles. The zero-order valence-corrected chi connectivity index (χ0v) is 13.8. The number of hydrogen-bond acceptors (Lipinski definition) is 6.